The van der Waals surface area contributed by atoms with Crippen molar-refractivity contribution in [2.24, 2.45) is 29.1 Å². The molecule has 7 atom stereocenters. The smallest absolute Gasteiger partial charge is 0.310 e. The molecule has 5 rings (SSSR count). The molecule has 0 spiro atoms. The molecule has 3 aliphatic carbocycles. The second-order valence-corrected chi connectivity index (χ2v) is 10.7. The number of hydrogen-bond acceptors (Lipinski definition) is 4. The second-order valence-electron chi connectivity index (χ2n) is 10.7. The second kappa shape index (κ2) is 8.18. The highest BCUT2D eigenvalue weighted by molar-refractivity contribution is 5.75. The lowest BCUT2D eigenvalue weighted by Gasteiger charge is -2.50. The van der Waals surface area contributed by atoms with Gasteiger partial charge in [-0.25, -0.2) is 0 Å². The summed E-state index contributed by atoms with van der Waals surface area (Å²) >= 11 is 0. The fourth-order valence-electron chi connectivity index (χ4n) is 7.18. The van der Waals surface area contributed by atoms with Gasteiger partial charge in [0.05, 0.1) is 12.2 Å². The number of nitrogens with one attached hydrogen (secondary N) is 1. The van der Waals surface area contributed by atoms with Gasteiger partial charge in [0.1, 0.15) is 11.9 Å². The van der Waals surface area contributed by atoms with Gasteiger partial charge in [-0.2, -0.15) is 0 Å². The molecule has 0 unspecified atom stereocenters. The first kappa shape index (κ1) is 20.4. The highest BCUT2D eigenvalue weighted by Crippen LogP contribution is 2.56. The first-order valence-corrected chi connectivity index (χ1v) is 12.2. The first-order valence-electron chi connectivity index (χ1n) is 12.2. The van der Waals surface area contributed by atoms with Crippen molar-refractivity contribution >= 4 is 5.97 Å². The number of fused-ring (bicyclic) bond motifs is 2. The van der Waals surface area contributed by atoms with Crippen molar-refractivity contribution in [3.05, 3.63) is 36.3 Å². The quantitative estimate of drug-likeness (QED) is 0.529. The Morgan fingerprint density at radius 2 is 2.13 bits per heavy atom. The Balaban J connectivity index is 1.24. The maximum absolute atomic E-state index is 12.8. The molecule has 0 aromatic carbocycles. The van der Waals surface area contributed by atoms with Crippen LogP contribution in [0.4, 0.5) is 0 Å². The van der Waals surface area contributed by atoms with Crippen molar-refractivity contribution in [1.29, 1.82) is 0 Å². The van der Waals surface area contributed by atoms with Crippen molar-refractivity contribution < 1.29 is 13.9 Å². The van der Waals surface area contributed by atoms with Crippen molar-refractivity contribution in [3.63, 3.8) is 0 Å². The number of hydrogen-bond donors (Lipinski definition) is 1. The van der Waals surface area contributed by atoms with Crippen LogP contribution < -0.4 is 5.32 Å². The van der Waals surface area contributed by atoms with Crippen molar-refractivity contribution in [2.45, 2.75) is 83.3 Å². The molecule has 4 aliphatic rings. The molecular formula is C26H37NO3. The van der Waals surface area contributed by atoms with Crippen molar-refractivity contribution in [3.8, 4) is 0 Å². The number of allylic oxidation sites excluding steroid dienone is 1. The summed E-state index contributed by atoms with van der Waals surface area (Å²) in [4.78, 5) is 12.8. The van der Waals surface area contributed by atoms with Crippen LogP contribution in [-0.4, -0.2) is 24.7 Å². The van der Waals surface area contributed by atoms with E-state index in [1.54, 1.807) is 6.26 Å². The molecule has 3 saturated carbocycles. The van der Waals surface area contributed by atoms with E-state index in [4.69, 9.17) is 9.15 Å². The SMILES string of the molecule is C=C1CCC[C@]2(C)C[C@H]3OC(=O)[C@@H](CN[C@H]4CCCC[C@@H]4Cc4ccco4)[C@@H]3C[C@H]12. The highest BCUT2D eigenvalue weighted by Gasteiger charge is 2.55. The van der Waals surface area contributed by atoms with Gasteiger partial charge >= 0.3 is 5.97 Å². The summed E-state index contributed by atoms with van der Waals surface area (Å²) in [6.07, 6.45) is 13.6. The van der Waals surface area contributed by atoms with Gasteiger partial charge in [-0.15, -0.1) is 0 Å². The summed E-state index contributed by atoms with van der Waals surface area (Å²) < 4.78 is 11.6. The Hall–Kier alpha value is -1.55. The minimum Gasteiger partial charge on any atom is -0.469 e. The molecular weight excluding hydrogens is 374 g/mol. The van der Waals surface area contributed by atoms with Gasteiger partial charge in [0.2, 0.25) is 0 Å². The zero-order valence-corrected chi connectivity index (χ0v) is 18.4. The molecule has 1 aromatic heterocycles. The molecule has 164 valence electrons. The van der Waals surface area contributed by atoms with E-state index in [-0.39, 0.29) is 23.4 Å². The Labute approximate surface area is 180 Å². The molecule has 1 saturated heterocycles. The number of furan rings is 1. The number of esters is 1. The third-order valence-electron chi connectivity index (χ3n) is 8.87. The predicted molar refractivity (Wildman–Crippen MR) is 117 cm³/mol. The van der Waals surface area contributed by atoms with E-state index in [2.05, 4.69) is 24.9 Å². The molecule has 4 fully saturated rings. The van der Waals surface area contributed by atoms with E-state index in [9.17, 15) is 4.79 Å². The molecule has 4 nitrogen and oxygen atoms in total. The molecule has 0 bridgehead atoms. The van der Waals surface area contributed by atoms with Crippen LogP contribution in [0.2, 0.25) is 0 Å². The van der Waals surface area contributed by atoms with Crippen LogP contribution in [0.15, 0.2) is 35.0 Å². The maximum Gasteiger partial charge on any atom is 0.310 e. The lowest BCUT2D eigenvalue weighted by Crippen LogP contribution is -2.47. The summed E-state index contributed by atoms with van der Waals surface area (Å²) in [6, 6.07) is 4.53. The van der Waals surface area contributed by atoms with E-state index in [1.165, 1.54) is 44.1 Å². The third-order valence-corrected chi connectivity index (χ3v) is 8.87. The van der Waals surface area contributed by atoms with E-state index >= 15 is 0 Å². The number of rotatable bonds is 5. The molecule has 1 aliphatic heterocycles. The molecule has 1 N–H and O–H groups in total. The lowest BCUT2D eigenvalue weighted by molar-refractivity contribution is -0.146. The van der Waals surface area contributed by atoms with Crippen molar-refractivity contribution in [2.75, 3.05) is 6.54 Å². The minimum absolute atomic E-state index is 0.000431. The van der Waals surface area contributed by atoms with Crippen LogP contribution in [0, 0.1) is 29.1 Å². The summed E-state index contributed by atoms with van der Waals surface area (Å²) in [5, 5.41) is 3.82. The van der Waals surface area contributed by atoms with Gasteiger partial charge in [0.25, 0.3) is 0 Å². The van der Waals surface area contributed by atoms with Crippen LogP contribution in [0.5, 0.6) is 0 Å². The van der Waals surface area contributed by atoms with Crippen LogP contribution in [-0.2, 0) is 16.0 Å². The van der Waals surface area contributed by atoms with Crippen LogP contribution in [0.1, 0.15) is 70.5 Å². The van der Waals surface area contributed by atoms with Crippen LogP contribution in [0.25, 0.3) is 0 Å². The zero-order valence-electron chi connectivity index (χ0n) is 18.4. The minimum atomic E-state index is 0.000431. The van der Waals surface area contributed by atoms with Gasteiger partial charge in [0, 0.05) is 24.9 Å². The largest absolute Gasteiger partial charge is 0.469 e. The molecule has 4 heteroatoms. The highest BCUT2D eigenvalue weighted by atomic mass is 16.6. The Kier molecular flexibility index (Phi) is 5.55. The molecule has 0 radical (unpaired) electrons. The van der Waals surface area contributed by atoms with Gasteiger partial charge in [-0.05, 0) is 74.3 Å². The zero-order chi connectivity index (χ0) is 20.7. The molecule has 2 heterocycles. The van der Waals surface area contributed by atoms with E-state index < -0.39 is 0 Å². The number of carbonyl (C=O) groups excluding carboxylic acids is 1. The maximum atomic E-state index is 12.8. The fraction of sp³-hybridized carbons (Fsp3) is 0.731. The average molecular weight is 412 g/mol. The Bertz CT molecular complexity index is 771. The summed E-state index contributed by atoms with van der Waals surface area (Å²) in [5.41, 5.74) is 1.69. The van der Waals surface area contributed by atoms with Gasteiger partial charge < -0.3 is 14.5 Å². The van der Waals surface area contributed by atoms with Crippen LogP contribution in [0.3, 0.4) is 0 Å². The van der Waals surface area contributed by atoms with Crippen LogP contribution >= 0.6 is 0 Å². The molecule has 1 aromatic rings. The number of carbonyl (C=O) groups is 1. The summed E-state index contributed by atoms with van der Waals surface area (Å²) in [7, 11) is 0. The topological polar surface area (TPSA) is 51.5 Å². The van der Waals surface area contributed by atoms with E-state index in [1.807, 2.05) is 6.07 Å². The van der Waals surface area contributed by atoms with E-state index in [0.717, 1.165) is 38.0 Å². The van der Waals surface area contributed by atoms with E-state index in [0.29, 0.717) is 23.8 Å². The monoisotopic (exact) mass is 411 g/mol. The Morgan fingerprint density at radius 1 is 1.27 bits per heavy atom. The number of ether oxygens (including phenoxy) is 1. The third kappa shape index (κ3) is 3.77. The van der Waals surface area contributed by atoms with Gasteiger partial charge in [0.15, 0.2) is 0 Å². The molecule has 0 amide bonds. The molecule has 30 heavy (non-hydrogen) atoms. The van der Waals surface area contributed by atoms with Gasteiger partial charge in [-0.3, -0.25) is 4.79 Å². The summed E-state index contributed by atoms with van der Waals surface area (Å²) in [6.45, 7) is 7.58. The summed E-state index contributed by atoms with van der Waals surface area (Å²) in [5.74, 6) is 2.61. The van der Waals surface area contributed by atoms with Gasteiger partial charge in [-0.1, -0.05) is 31.9 Å². The normalized spacial score (nSPS) is 41.2. The first-order chi connectivity index (χ1) is 14.5. The predicted octanol–water partition coefficient (Wildman–Crippen LogP) is 5.28. The standard InChI is InChI=1S/C26H37NO3/c1-17-7-5-11-26(2)15-24-20(14-22(17)26)21(25(28)30-24)16-27-23-10-4-3-8-18(23)13-19-9-6-12-29-19/h6,9,12,18,20-24,27H,1,3-5,7-8,10-11,13-16H2,2H3/t18-,20+,21+,22-,23+,24-,26-/m1/s1. The Morgan fingerprint density at radius 3 is 2.97 bits per heavy atom. The van der Waals surface area contributed by atoms with Crippen molar-refractivity contribution in [1.82, 2.24) is 5.32 Å². The average Bonchev–Trinajstić information content (AvgIpc) is 3.33. The lowest BCUT2D eigenvalue weighted by atomic mass is 9.55. The fourth-order valence-corrected chi connectivity index (χ4v) is 7.18.